The summed E-state index contributed by atoms with van der Waals surface area (Å²) in [5.74, 6) is 0.471. The molecule has 0 radical (unpaired) electrons. The molecule has 0 saturated heterocycles. The number of benzene rings is 1. The number of imidazole rings is 1. The summed E-state index contributed by atoms with van der Waals surface area (Å²) in [6, 6.07) is 7.62. The van der Waals surface area contributed by atoms with Crippen molar-refractivity contribution in [3.8, 4) is 5.69 Å². The molecule has 0 aliphatic rings. The number of nitrogens with two attached hydrogens (primary N) is 1. The third kappa shape index (κ3) is 2.35. The number of anilines is 1. The fraction of sp³-hybridized carbons (Fsp3) is 0.231. The average molecular weight is 324 g/mol. The van der Waals surface area contributed by atoms with Crippen molar-refractivity contribution in [1.29, 1.82) is 0 Å². The zero-order chi connectivity index (χ0) is 14.0. The summed E-state index contributed by atoms with van der Waals surface area (Å²) >= 11 is 3.47. The largest absolute Gasteiger partial charge is 0.464 e. The molecule has 0 amide bonds. The number of nitrogens with zero attached hydrogens (tertiary/aromatic N) is 2. The lowest BCUT2D eigenvalue weighted by atomic mass is 10.3. The van der Waals surface area contributed by atoms with Gasteiger partial charge in [0.1, 0.15) is 11.6 Å². The highest BCUT2D eigenvalue weighted by atomic mass is 79.9. The second-order valence-electron chi connectivity index (χ2n) is 3.89. The van der Waals surface area contributed by atoms with Gasteiger partial charge in [0.2, 0.25) is 0 Å². The molecule has 1 aromatic carbocycles. The zero-order valence-electron chi connectivity index (χ0n) is 10.7. The highest BCUT2D eigenvalue weighted by Gasteiger charge is 2.21. The molecule has 0 aliphatic carbocycles. The number of esters is 1. The van der Waals surface area contributed by atoms with Crippen molar-refractivity contribution in [2.75, 3.05) is 12.8 Å². The lowest BCUT2D eigenvalue weighted by molar-refractivity contribution is 0.0596. The number of aromatic nitrogens is 2. The van der Waals surface area contributed by atoms with Crippen LogP contribution < -0.4 is 5.73 Å². The summed E-state index contributed by atoms with van der Waals surface area (Å²) < 4.78 is 7.33. The van der Waals surface area contributed by atoms with Crippen molar-refractivity contribution in [3.63, 3.8) is 0 Å². The van der Waals surface area contributed by atoms with Crippen molar-refractivity contribution in [2.24, 2.45) is 0 Å². The van der Waals surface area contributed by atoms with Gasteiger partial charge in [0, 0.05) is 10.9 Å². The summed E-state index contributed by atoms with van der Waals surface area (Å²) in [5.41, 5.74) is 7.03. The van der Waals surface area contributed by atoms with Crippen molar-refractivity contribution in [1.82, 2.24) is 9.55 Å². The Morgan fingerprint density at radius 3 is 2.74 bits per heavy atom. The number of ether oxygens (including phenoxy) is 1. The number of carbonyl (C=O) groups excluding carboxylic acids is 1. The number of methoxy groups -OCH3 is 1. The van der Waals surface area contributed by atoms with Crippen LogP contribution in [0.1, 0.15) is 23.2 Å². The predicted molar refractivity (Wildman–Crippen MR) is 76.4 cm³/mol. The van der Waals surface area contributed by atoms with E-state index in [2.05, 4.69) is 25.7 Å². The Balaban J connectivity index is 2.66. The van der Waals surface area contributed by atoms with Crippen LogP contribution in [0.4, 0.5) is 5.82 Å². The van der Waals surface area contributed by atoms with E-state index in [4.69, 9.17) is 5.73 Å². The van der Waals surface area contributed by atoms with Gasteiger partial charge >= 0.3 is 5.97 Å². The molecule has 0 bridgehead atoms. The van der Waals surface area contributed by atoms with Crippen molar-refractivity contribution in [3.05, 3.63) is 40.3 Å². The highest BCUT2D eigenvalue weighted by molar-refractivity contribution is 9.10. The number of aryl methyl sites for hydroxylation is 1. The molecule has 0 atom stereocenters. The molecule has 100 valence electrons. The standard InChI is InChI=1S/C13H14BrN3O2/c1-3-10-16-11(13(18)19-2)12(15)17(10)9-7-5-4-6-8(9)14/h4-7H,3,15H2,1-2H3. The maximum absolute atomic E-state index is 11.6. The molecular formula is C13H14BrN3O2. The number of hydrogen-bond donors (Lipinski definition) is 1. The Labute approximate surface area is 119 Å². The molecule has 2 rings (SSSR count). The quantitative estimate of drug-likeness (QED) is 0.881. The molecule has 0 aliphatic heterocycles. The summed E-state index contributed by atoms with van der Waals surface area (Å²) in [5, 5.41) is 0. The van der Waals surface area contributed by atoms with Gasteiger partial charge in [-0.15, -0.1) is 0 Å². The average Bonchev–Trinajstić information content (AvgIpc) is 2.75. The molecular weight excluding hydrogens is 310 g/mol. The molecule has 0 saturated carbocycles. The molecule has 0 fully saturated rings. The van der Waals surface area contributed by atoms with Crippen LogP contribution in [0.2, 0.25) is 0 Å². The second kappa shape index (κ2) is 5.44. The fourth-order valence-corrected chi connectivity index (χ4v) is 2.33. The topological polar surface area (TPSA) is 70.1 Å². The van der Waals surface area contributed by atoms with E-state index in [-0.39, 0.29) is 11.5 Å². The highest BCUT2D eigenvalue weighted by Crippen LogP contribution is 2.27. The number of para-hydroxylation sites is 1. The first kappa shape index (κ1) is 13.6. The number of hydrogen-bond acceptors (Lipinski definition) is 4. The van der Waals surface area contributed by atoms with Gasteiger partial charge < -0.3 is 10.5 Å². The first-order chi connectivity index (χ1) is 9.10. The lowest BCUT2D eigenvalue weighted by Crippen LogP contribution is -2.08. The number of nitrogen functional groups attached to an aromatic ring is 1. The molecule has 2 aromatic rings. The number of rotatable bonds is 3. The van der Waals surface area contributed by atoms with Gasteiger partial charge in [0.05, 0.1) is 12.8 Å². The Hall–Kier alpha value is -1.82. The molecule has 1 aromatic heterocycles. The number of carbonyl (C=O) groups is 1. The normalized spacial score (nSPS) is 10.5. The Kier molecular flexibility index (Phi) is 3.90. The zero-order valence-corrected chi connectivity index (χ0v) is 12.3. The van der Waals surface area contributed by atoms with Gasteiger partial charge in [-0.2, -0.15) is 0 Å². The summed E-state index contributed by atoms with van der Waals surface area (Å²) in [7, 11) is 1.31. The third-order valence-corrected chi connectivity index (χ3v) is 3.44. The smallest absolute Gasteiger partial charge is 0.360 e. The lowest BCUT2D eigenvalue weighted by Gasteiger charge is -2.10. The van der Waals surface area contributed by atoms with Crippen LogP contribution in [0.15, 0.2) is 28.7 Å². The molecule has 19 heavy (non-hydrogen) atoms. The van der Waals surface area contributed by atoms with Crippen LogP contribution in [-0.4, -0.2) is 22.6 Å². The van der Waals surface area contributed by atoms with E-state index in [0.29, 0.717) is 12.2 Å². The maximum Gasteiger partial charge on any atom is 0.360 e. The Morgan fingerprint density at radius 1 is 1.47 bits per heavy atom. The van der Waals surface area contributed by atoms with Gasteiger partial charge in [-0.3, -0.25) is 4.57 Å². The second-order valence-corrected chi connectivity index (χ2v) is 4.75. The van der Waals surface area contributed by atoms with Crippen LogP contribution in [0.5, 0.6) is 0 Å². The molecule has 0 spiro atoms. The fourth-order valence-electron chi connectivity index (χ4n) is 1.87. The van der Waals surface area contributed by atoms with Gasteiger partial charge in [-0.1, -0.05) is 19.1 Å². The van der Waals surface area contributed by atoms with Gasteiger partial charge in [-0.05, 0) is 28.1 Å². The predicted octanol–water partition coefficient (Wildman–Crippen LogP) is 2.57. The molecule has 6 heteroatoms. The van der Waals surface area contributed by atoms with Gasteiger partial charge in [-0.25, -0.2) is 9.78 Å². The van der Waals surface area contributed by atoms with Crippen molar-refractivity contribution < 1.29 is 9.53 Å². The number of halogens is 1. The van der Waals surface area contributed by atoms with E-state index in [0.717, 1.165) is 10.2 Å². The summed E-state index contributed by atoms with van der Waals surface area (Å²) in [6.45, 7) is 1.95. The monoisotopic (exact) mass is 323 g/mol. The van der Waals surface area contributed by atoms with Crippen LogP contribution in [0.3, 0.4) is 0 Å². The van der Waals surface area contributed by atoms with Crippen LogP contribution in [-0.2, 0) is 11.2 Å². The molecule has 0 unspecified atom stereocenters. The van der Waals surface area contributed by atoms with Crippen molar-refractivity contribution in [2.45, 2.75) is 13.3 Å². The minimum atomic E-state index is -0.530. The van der Waals surface area contributed by atoms with E-state index in [1.165, 1.54) is 7.11 Å². The molecule has 1 heterocycles. The van der Waals surface area contributed by atoms with E-state index >= 15 is 0 Å². The first-order valence-corrected chi connectivity index (χ1v) is 6.59. The van der Waals surface area contributed by atoms with E-state index < -0.39 is 5.97 Å². The van der Waals surface area contributed by atoms with Crippen molar-refractivity contribution >= 4 is 27.7 Å². The minimum absolute atomic E-state index is 0.148. The Bertz CT molecular complexity index is 622. The third-order valence-electron chi connectivity index (χ3n) is 2.77. The van der Waals surface area contributed by atoms with E-state index in [1.54, 1.807) is 4.57 Å². The van der Waals surface area contributed by atoms with E-state index in [9.17, 15) is 4.79 Å². The summed E-state index contributed by atoms with van der Waals surface area (Å²) in [6.07, 6.45) is 0.655. The molecule has 5 nitrogen and oxygen atoms in total. The summed E-state index contributed by atoms with van der Waals surface area (Å²) in [4.78, 5) is 15.9. The first-order valence-electron chi connectivity index (χ1n) is 5.80. The Morgan fingerprint density at radius 2 is 2.16 bits per heavy atom. The van der Waals surface area contributed by atoms with Gasteiger partial charge in [0.15, 0.2) is 5.69 Å². The molecule has 2 N–H and O–H groups in total. The van der Waals surface area contributed by atoms with Gasteiger partial charge in [0.25, 0.3) is 0 Å². The van der Waals surface area contributed by atoms with Crippen LogP contribution in [0.25, 0.3) is 5.69 Å². The minimum Gasteiger partial charge on any atom is -0.464 e. The van der Waals surface area contributed by atoms with Crippen LogP contribution in [0, 0.1) is 0 Å². The SMILES string of the molecule is CCc1nc(C(=O)OC)c(N)n1-c1ccccc1Br. The van der Waals surface area contributed by atoms with Crippen LogP contribution >= 0.6 is 15.9 Å². The maximum atomic E-state index is 11.6. The van der Waals surface area contributed by atoms with E-state index in [1.807, 2.05) is 31.2 Å².